The van der Waals surface area contributed by atoms with Gasteiger partial charge in [0.15, 0.2) is 0 Å². The van der Waals surface area contributed by atoms with Crippen LogP contribution in [-0.4, -0.2) is 27.6 Å². The van der Waals surface area contributed by atoms with Gasteiger partial charge < -0.3 is 5.32 Å². The number of nitrogens with zero attached hydrogens (tertiary/aromatic N) is 2. The zero-order chi connectivity index (χ0) is 17.6. The molecule has 2 aromatic carbocycles. The van der Waals surface area contributed by atoms with Crippen LogP contribution in [0.5, 0.6) is 0 Å². The Hall–Kier alpha value is -3.48. The first-order valence-corrected chi connectivity index (χ1v) is 7.75. The number of rotatable bonds is 6. The second-order valence-corrected chi connectivity index (χ2v) is 5.45. The number of hydrogen-bond acceptors (Lipinski definition) is 4. The SMILES string of the molecule is O=C(NCCc1ccccc1)c1cn[nH]c1-c1ccc([N+](=O)[O-])cc1. The number of carbonyl (C=O) groups is 1. The van der Waals surface area contributed by atoms with Gasteiger partial charge >= 0.3 is 0 Å². The third kappa shape index (κ3) is 3.89. The van der Waals surface area contributed by atoms with Crippen LogP contribution in [0.25, 0.3) is 11.3 Å². The summed E-state index contributed by atoms with van der Waals surface area (Å²) in [4.78, 5) is 22.7. The van der Waals surface area contributed by atoms with Crippen molar-refractivity contribution in [2.75, 3.05) is 6.54 Å². The van der Waals surface area contributed by atoms with E-state index < -0.39 is 4.92 Å². The highest BCUT2D eigenvalue weighted by molar-refractivity contribution is 5.99. The maximum Gasteiger partial charge on any atom is 0.269 e. The van der Waals surface area contributed by atoms with Crippen molar-refractivity contribution in [1.82, 2.24) is 15.5 Å². The monoisotopic (exact) mass is 336 g/mol. The number of hydrogen-bond donors (Lipinski definition) is 2. The van der Waals surface area contributed by atoms with Gasteiger partial charge in [-0.2, -0.15) is 5.10 Å². The Bertz CT molecular complexity index is 873. The lowest BCUT2D eigenvalue weighted by Gasteiger charge is -2.06. The maximum atomic E-state index is 12.4. The van der Waals surface area contributed by atoms with E-state index in [1.807, 2.05) is 30.3 Å². The first kappa shape index (κ1) is 16.4. The van der Waals surface area contributed by atoms with Crippen molar-refractivity contribution in [2.45, 2.75) is 6.42 Å². The topological polar surface area (TPSA) is 101 Å². The number of aromatic nitrogens is 2. The van der Waals surface area contributed by atoms with E-state index in [4.69, 9.17) is 0 Å². The summed E-state index contributed by atoms with van der Waals surface area (Å²) in [5, 5.41) is 20.3. The van der Waals surface area contributed by atoms with Gasteiger partial charge in [0, 0.05) is 24.2 Å². The number of nitro benzene ring substituents is 1. The van der Waals surface area contributed by atoms with Gasteiger partial charge in [-0.05, 0) is 24.1 Å². The van der Waals surface area contributed by atoms with Crippen LogP contribution in [0.15, 0.2) is 60.8 Å². The average molecular weight is 336 g/mol. The average Bonchev–Trinajstić information content (AvgIpc) is 3.12. The second-order valence-electron chi connectivity index (χ2n) is 5.45. The number of non-ortho nitro benzene ring substituents is 1. The van der Waals surface area contributed by atoms with Gasteiger partial charge in [-0.15, -0.1) is 0 Å². The van der Waals surface area contributed by atoms with Gasteiger partial charge in [-0.1, -0.05) is 30.3 Å². The van der Waals surface area contributed by atoms with Crippen LogP contribution in [0, 0.1) is 10.1 Å². The predicted octanol–water partition coefficient (Wildman–Crippen LogP) is 2.96. The summed E-state index contributed by atoms with van der Waals surface area (Å²) in [7, 11) is 0. The number of benzene rings is 2. The molecule has 0 aliphatic rings. The maximum absolute atomic E-state index is 12.4. The van der Waals surface area contributed by atoms with Gasteiger partial charge in [0.25, 0.3) is 11.6 Å². The summed E-state index contributed by atoms with van der Waals surface area (Å²) >= 11 is 0. The van der Waals surface area contributed by atoms with Crippen molar-refractivity contribution in [3.63, 3.8) is 0 Å². The number of aromatic amines is 1. The lowest BCUT2D eigenvalue weighted by atomic mass is 10.1. The third-order valence-electron chi connectivity index (χ3n) is 3.79. The molecule has 0 aliphatic carbocycles. The Morgan fingerprint density at radius 2 is 1.84 bits per heavy atom. The number of amides is 1. The van der Waals surface area contributed by atoms with Crippen LogP contribution in [0.2, 0.25) is 0 Å². The molecule has 0 atom stereocenters. The number of carbonyl (C=O) groups excluding carboxylic acids is 1. The van der Waals surface area contributed by atoms with Crippen molar-refractivity contribution >= 4 is 11.6 Å². The standard InChI is InChI=1S/C18H16N4O3/c23-18(19-11-10-13-4-2-1-3-5-13)16-12-20-21-17(16)14-6-8-15(9-7-14)22(24)25/h1-9,12H,10-11H2,(H,19,23)(H,20,21). The van der Waals surface area contributed by atoms with Crippen molar-refractivity contribution in [1.29, 1.82) is 0 Å². The summed E-state index contributed by atoms with van der Waals surface area (Å²) in [6.45, 7) is 0.508. The molecule has 0 saturated heterocycles. The molecular weight excluding hydrogens is 320 g/mol. The minimum Gasteiger partial charge on any atom is -0.352 e. The van der Waals surface area contributed by atoms with Crippen LogP contribution >= 0.6 is 0 Å². The zero-order valence-corrected chi connectivity index (χ0v) is 13.3. The largest absolute Gasteiger partial charge is 0.352 e. The van der Waals surface area contributed by atoms with Crippen molar-refractivity contribution < 1.29 is 9.72 Å². The molecule has 2 N–H and O–H groups in total. The minimum absolute atomic E-state index is 0.00266. The molecule has 0 aliphatic heterocycles. The molecule has 1 heterocycles. The summed E-state index contributed by atoms with van der Waals surface area (Å²) < 4.78 is 0. The van der Waals surface area contributed by atoms with Crippen LogP contribution in [0.1, 0.15) is 15.9 Å². The van der Waals surface area contributed by atoms with Gasteiger partial charge in [0.05, 0.1) is 22.4 Å². The van der Waals surface area contributed by atoms with E-state index >= 15 is 0 Å². The normalized spacial score (nSPS) is 10.4. The van der Waals surface area contributed by atoms with Crippen molar-refractivity contribution in [2.24, 2.45) is 0 Å². The van der Waals surface area contributed by atoms with Crippen LogP contribution in [0.4, 0.5) is 5.69 Å². The molecule has 0 bridgehead atoms. The Morgan fingerprint density at radius 1 is 1.12 bits per heavy atom. The van der Waals surface area contributed by atoms with Crippen LogP contribution in [-0.2, 0) is 6.42 Å². The van der Waals surface area contributed by atoms with Gasteiger partial charge in [-0.25, -0.2) is 0 Å². The van der Waals surface area contributed by atoms with E-state index in [9.17, 15) is 14.9 Å². The van der Waals surface area contributed by atoms with E-state index in [1.165, 1.54) is 18.3 Å². The molecule has 7 nitrogen and oxygen atoms in total. The molecule has 0 saturated carbocycles. The Labute approximate surface area is 143 Å². The first-order chi connectivity index (χ1) is 12.1. The fourth-order valence-corrected chi connectivity index (χ4v) is 2.49. The Kier molecular flexibility index (Phi) is 4.84. The van der Waals surface area contributed by atoms with Crippen molar-refractivity contribution in [3.8, 4) is 11.3 Å². The molecule has 3 rings (SSSR count). The summed E-state index contributed by atoms with van der Waals surface area (Å²) in [5.74, 6) is -0.238. The number of nitro groups is 1. The smallest absolute Gasteiger partial charge is 0.269 e. The fourth-order valence-electron chi connectivity index (χ4n) is 2.49. The summed E-state index contributed by atoms with van der Waals surface area (Å²) in [5.41, 5.74) is 2.74. The van der Waals surface area contributed by atoms with E-state index in [-0.39, 0.29) is 11.6 Å². The quantitative estimate of drug-likeness (QED) is 0.534. The molecule has 1 aromatic heterocycles. The number of nitrogens with one attached hydrogen (secondary N) is 2. The van der Waals surface area contributed by atoms with Gasteiger partial charge in [0.1, 0.15) is 0 Å². The Morgan fingerprint density at radius 3 is 2.52 bits per heavy atom. The van der Waals surface area contributed by atoms with Gasteiger partial charge in [0.2, 0.25) is 0 Å². The minimum atomic E-state index is -0.464. The predicted molar refractivity (Wildman–Crippen MR) is 93.2 cm³/mol. The fraction of sp³-hybridized carbons (Fsp3) is 0.111. The van der Waals surface area contributed by atoms with Crippen LogP contribution in [0.3, 0.4) is 0 Å². The molecule has 3 aromatic rings. The molecular formula is C18H16N4O3. The highest BCUT2D eigenvalue weighted by Gasteiger charge is 2.16. The van der Waals surface area contributed by atoms with Gasteiger partial charge in [-0.3, -0.25) is 20.0 Å². The lowest BCUT2D eigenvalue weighted by molar-refractivity contribution is -0.384. The molecule has 0 unspecified atom stereocenters. The molecule has 0 radical (unpaired) electrons. The third-order valence-corrected chi connectivity index (χ3v) is 3.79. The molecule has 0 spiro atoms. The molecule has 0 fully saturated rings. The first-order valence-electron chi connectivity index (χ1n) is 7.75. The lowest BCUT2D eigenvalue weighted by Crippen LogP contribution is -2.25. The highest BCUT2D eigenvalue weighted by atomic mass is 16.6. The molecule has 126 valence electrons. The van der Waals surface area contributed by atoms with Crippen LogP contribution < -0.4 is 5.32 Å². The van der Waals surface area contributed by atoms with E-state index in [0.29, 0.717) is 23.4 Å². The molecule has 25 heavy (non-hydrogen) atoms. The highest BCUT2D eigenvalue weighted by Crippen LogP contribution is 2.23. The zero-order valence-electron chi connectivity index (χ0n) is 13.3. The molecule has 7 heteroatoms. The Balaban J connectivity index is 1.68. The van der Waals surface area contributed by atoms with E-state index in [0.717, 1.165) is 12.0 Å². The summed E-state index contributed by atoms with van der Waals surface area (Å²) in [6.07, 6.45) is 2.19. The van der Waals surface area contributed by atoms with Crippen molar-refractivity contribution in [3.05, 3.63) is 82.0 Å². The van der Waals surface area contributed by atoms with E-state index in [2.05, 4.69) is 15.5 Å². The molecule has 1 amide bonds. The number of H-pyrrole nitrogens is 1. The van der Waals surface area contributed by atoms with E-state index in [1.54, 1.807) is 12.1 Å². The summed E-state index contributed by atoms with van der Waals surface area (Å²) in [6, 6.07) is 15.8. The second kappa shape index (κ2) is 7.39.